The minimum atomic E-state index is -0.485. The van der Waals surface area contributed by atoms with Crippen molar-refractivity contribution >= 4 is 0 Å². The molecule has 0 heterocycles. The van der Waals surface area contributed by atoms with E-state index in [1.165, 1.54) is 0 Å². The zero-order valence-electron chi connectivity index (χ0n) is 15.1. The molecule has 1 N–H and O–H groups in total. The van der Waals surface area contributed by atoms with Gasteiger partial charge < -0.3 is 11.2 Å². The molecule has 1 aromatic carbocycles. The molecule has 1 atom stereocenters. The van der Waals surface area contributed by atoms with E-state index in [0.717, 1.165) is 24.0 Å². The molecule has 2 heteroatoms. The van der Waals surface area contributed by atoms with Crippen molar-refractivity contribution < 1.29 is 31.3 Å². The van der Waals surface area contributed by atoms with Gasteiger partial charge in [-0.2, -0.15) is 6.42 Å². The van der Waals surface area contributed by atoms with Crippen molar-refractivity contribution in [3.8, 4) is 0 Å². The summed E-state index contributed by atoms with van der Waals surface area (Å²) in [6.45, 7) is 4.08. The molecule has 2 fully saturated rings. The molecule has 0 aromatic heterocycles. The molecule has 2 aliphatic carbocycles. The number of hydrogen-bond acceptors (Lipinski definition) is 1. The van der Waals surface area contributed by atoms with E-state index >= 15 is 0 Å². The molecule has 10 radical (unpaired) electrons. The summed E-state index contributed by atoms with van der Waals surface area (Å²) >= 11 is 0. The van der Waals surface area contributed by atoms with Crippen LogP contribution < -0.4 is 0 Å². The van der Waals surface area contributed by atoms with E-state index in [1.54, 1.807) is 0 Å². The van der Waals surface area contributed by atoms with Gasteiger partial charge in [-0.3, -0.25) is 0 Å². The second kappa shape index (κ2) is 17.2. The maximum Gasteiger partial charge on any atom is 0.0685 e. The van der Waals surface area contributed by atoms with Gasteiger partial charge in [-0.1, -0.05) is 50.6 Å². The Bertz CT molecular complexity index is 394. The van der Waals surface area contributed by atoms with Crippen LogP contribution in [0.2, 0.25) is 0 Å². The van der Waals surface area contributed by atoms with Crippen LogP contribution in [0.3, 0.4) is 0 Å². The Morgan fingerprint density at radius 3 is 1.52 bits per heavy atom. The monoisotopic (exact) mass is 409 g/mol. The minimum Gasteiger partial charge on any atom is -0.495 e. The van der Waals surface area contributed by atoms with Crippen molar-refractivity contribution in [1.82, 2.24) is 0 Å². The van der Waals surface area contributed by atoms with Gasteiger partial charge in [0.15, 0.2) is 0 Å². The number of hydrogen-bond donors (Lipinski definition) is 1. The Balaban J connectivity index is 0.000000425. The van der Waals surface area contributed by atoms with Gasteiger partial charge >= 0.3 is 0 Å². The number of aliphatic hydroxyl groups excluding tert-OH is 1. The van der Waals surface area contributed by atoms with Crippen LogP contribution >= 0.6 is 0 Å². The minimum absolute atomic E-state index is 0. The summed E-state index contributed by atoms with van der Waals surface area (Å²) < 4.78 is 0. The average molecular weight is 411 g/mol. The summed E-state index contributed by atoms with van der Waals surface area (Å²) in [5, 5.41) is 10.0. The standard InChI is InChI=1S/C13H17O.2C5H5.Zr/c1-3-8-11(4-2)13(14)12-9-6-5-7-10-12;2*1-2-4-5-3-1;/h5-7,9-10,13-14H,3-4H2,1-2H3;2*1-5H;/q-1;;;. The van der Waals surface area contributed by atoms with Crippen LogP contribution in [-0.2, 0) is 26.2 Å². The molecule has 2 saturated carbocycles. The smallest absolute Gasteiger partial charge is 0.0685 e. The van der Waals surface area contributed by atoms with Gasteiger partial charge in [-0.05, 0) is 69.8 Å². The Morgan fingerprint density at radius 2 is 1.20 bits per heavy atom. The van der Waals surface area contributed by atoms with E-state index in [0.29, 0.717) is 0 Å². The van der Waals surface area contributed by atoms with Gasteiger partial charge in [0.2, 0.25) is 0 Å². The fraction of sp³-hybridized carbons (Fsp3) is 0.217. The van der Waals surface area contributed by atoms with E-state index in [1.807, 2.05) is 108 Å². The van der Waals surface area contributed by atoms with Gasteiger partial charge in [-0.15, -0.1) is 0 Å². The molecule has 1 nitrogen and oxygen atoms in total. The molecular weight excluding hydrogens is 383 g/mol. The van der Waals surface area contributed by atoms with E-state index in [-0.39, 0.29) is 26.2 Å². The summed E-state index contributed by atoms with van der Waals surface area (Å²) in [5.41, 5.74) is 1.93. The Hall–Kier alpha value is -0.197. The summed E-state index contributed by atoms with van der Waals surface area (Å²) in [7, 11) is 0. The largest absolute Gasteiger partial charge is 0.495 e. The molecule has 0 spiro atoms. The van der Waals surface area contributed by atoms with Crippen LogP contribution in [0, 0.1) is 70.3 Å². The van der Waals surface area contributed by atoms with E-state index < -0.39 is 6.10 Å². The van der Waals surface area contributed by atoms with Gasteiger partial charge in [0.05, 0.1) is 6.10 Å². The molecule has 0 amide bonds. The van der Waals surface area contributed by atoms with E-state index in [2.05, 4.69) is 6.08 Å². The van der Waals surface area contributed by atoms with Gasteiger partial charge in [0.25, 0.3) is 0 Å². The van der Waals surface area contributed by atoms with Gasteiger partial charge in [0, 0.05) is 26.2 Å². The predicted octanol–water partition coefficient (Wildman–Crippen LogP) is 5.31. The summed E-state index contributed by atoms with van der Waals surface area (Å²) in [6.07, 6.45) is 24.4. The molecule has 130 valence electrons. The first-order valence-corrected chi connectivity index (χ1v) is 8.45. The second-order valence-corrected chi connectivity index (χ2v) is 5.15. The van der Waals surface area contributed by atoms with Crippen molar-refractivity contribution in [2.75, 3.05) is 0 Å². The van der Waals surface area contributed by atoms with Crippen LogP contribution in [0.25, 0.3) is 0 Å². The maximum absolute atomic E-state index is 10.0. The van der Waals surface area contributed by atoms with Gasteiger partial charge in [-0.25, -0.2) is 5.57 Å². The molecule has 2 aliphatic rings. The first-order chi connectivity index (χ1) is 11.8. The van der Waals surface area contributed by atoms with E-state index in [9.17, 15) is 5.11 Å². The van der Waals surface area contributed by atoms with Crippen molar-refractivity contribution in [2.45, 2.75) is 32.8 Å². The summed E-state index contributed by atoms with van der Waals surface area (Å²) in [5.74, 6) is 0. The van der Waals surface area contributed by atoms with Crippen molar-refractivity contribution in [3.05, 3.63) is 112 Å². The normalized spacial score (nSPS) is 17.5. The molecule has 1 aromatic rings. The zero-order valence-corrected chi connectivity index (χ0v) is 17.6. The first kappa shape index (κ1) is 24.8. The van der Waals surface area contributed by atoms with Crippen LogP contribution in [0.1, 0.15) is 38.4 Å². The summed E-state index contributed by atoms with van der Waals surface area (Å²) in [6, 6.07) is 9.72. The third-order valence-electron chi connectivity index (χ3n) is 3.34. The van der Waals surface area contributed by atoms with Crippen molar-refractivity contribution in [1.29, 1.82) is 0 Å². The fourth-order valence-electron chi connectivity index (χ4n) is 2.12. The summed E-state index contributed by atoms with van der Waals surface area (Å²) in [4.78, 5) is 0. The quantitative estimate of drug-likeness (QED) is 0.667. The van der Waals surface area contributed by atoms with Gasteiger partial charge in [0.1, 0.15) is 0 Å². The Labute approximate surface area is 175 Å². The van der Waals surface area contributed by atoms with Crippen LogP contribution in [0.5, 0.6) is 0 Å². The topological polar surface area (TPSA) is 20.2 Å². The Kier molecular flexibility index (Phi) is 17.1. The second-order valence-electron chi connectivity index (χ2n) is 5.15. The Morgan fingerprint density at radius 1 is 0.800 bits per heavy atom. The number of aliphatic hydroxyl groups is 1. The SMILES string of the molecule is CC[C-]=C(CC)C(O)c1ccccc1.[CH]1[CH][CH][CH][CH]1.[CH]1[CH][CH][CH][CH]1.[Zr]. The molecule has 3 rings (SSSR count). The van der Waals surface area contributed by atoms with E-state index in [4.69, 9.17) is 0 Å². The fourth-order valence-corrected chi connectivity index (χ4v) is 2.12. The molecule has 0 bridgehead atoms. The molecule has 25 heavy (non-hydrogen) atoms. The molecule has 0 aliphatic heterocycles. The number of rotatable bonds is 4. The first-order valence-electron chi connectivity index (χ1n) is 8.45. The predicted molar refractivity (Wildman–Crippen MR) is 102 cm³/mol. The third-order valence-corrected chi connectivity index (χ3v) is 3.34. The molecule has 1 unspecified atom stereocenters. The van der Waals surface area contributed by atoms with Crippen molar-refractivity contribution in [2.24, 2.45) is 0 Å². The third kappa shape index (κ3) is 11.9. The van der Waals surface area contributed by atoms with Crippen LogP contribution in [0.15, 0.2) is 35.9 Å². The number of benzene rings is 1. The number of allylic oxidation sites excluding steroid dienone is 1. The zero-order chi connectivity index (χ0) is 17.5. The molecular formula is C23H27OZr-. The van der Waals surface area contributed by atoms with Crippen molar-refractivity contribution in [3.63, 3.8) is 0 Å². The van der Waals surface area contributed by atoms with Crippen LogP contribution in [0.4, 0.5) is 0 Å². The molecule has 0 saturated heterocycles. The van der Waals surface area contributed by atoms with Crippen LogP contribution in [-0.4, -0.2) is 5.11 Å². The average Bonchev–Trinajstić information content (AvgIpc) is 3.38. The maximum atomic E-state index is 10.0.